The Morgan fingerprint density at radius 3 is 2.60 bits per heavy atom. The second-order valence-electron chi connectivity index (χ2n) is 5.78. The van der Waals surface area contributed by atoms with Crippen LogP contribution in [0.25, 0.3) is 0 Å². The molecule has 86 valence electrons. The highest BCUT2D eigenvalue weighted by molar-refractivity contribution is 5.09. The number of nitrogens with one attached hydrogen (secondary N) is 1. The average Bonchev–Trinajstić information content (AvgIpc) is 2.91. The van der Waals surface area contributed by atoms with Gasteiger partial charge in [0.2, 0.25) is 0 Å². The molecule has 0 aliphatic heterocycles. The first kappa shape index (κ1) is 10.1. The molecule has 1 N–H and O–H groups in total. The van der Waals surface area contributed by atoms with E-state index in [1.807, 2.05) is 0 Å². The molecule has 0 heterocycles. The molecule has 15 heavy (non-hydrogen) atoms. The van der Waals surface area contributed by atoms with Crippen LogP contribution in [0.15, 0.2) is 0 Å². The molecule has 3 fully saturated rings. The van der Waals surface area contributed by atoms with E-state index in [2.05, 4.69) is 12.4 Å². The second kappa shape index (κ2) is 3.74. The molecule has 3 aliphatic carbocycles. The Hall–Kier alpha value is -0.0800. The largest absolute Gasteiger partial charge is 0.377 e. The third-order valence-corrected chi connectivity index (χ3v) is 4.90. The molecule has 2 nitrogen and oxygen atoms in total. The fourth-order valence-corrected chi connectivity index (χ4v) is 3.63. The molecule has 0 bridgehead atoms. The van der Waals surface area contributed by atoms with Crippen LogP contribution >= 0.6 is 0 Å². The minimum Gasteiger partial charge on any atom is -0.377 e. The van der Waals surface area contributed by atoms with E-state index < -0.39 is 0 Å². The number of hydrogen-bond donors (Lipinski definition) is 1. The van der Waals surface area contributed by atoms with E-state index in [4.69, 9.17) is 4.74 Å². The van der Waals surface area contributed by atoms with Crippen LogP contribution in [0.3, 0.4) is 0 Å². The van der Waals surface area contributed by atoms with Crippen molar-refractivity contribution >= 4 is 0 Å². The highest BCUT2D eigenvalue weighted by Gasteiger charge is 2.56. The lowest BCUT2D eigenvalue weighted by Crippen LogP contribution is -2.62. The van der Waals surface area contributed by atoms with Gasteiger partial charge >= 0.3 is 0 Å². The van der Waals surface area contributed by atoms with Gasteiger partial charge in [0.05, 0.1) is 6.10 Å². The summed E-state index contributed by atoms with van der Waals surface area (Å²) in [4.78, 5) is 0. The lowest BCUT2D eigenvalue weighted by Gasteiger charge is -2.54. The molecule has 0 aromatic heterocycles. The van der Waals surface area contributed by atoms with Gasteiger partial charge in [-0.2, -0.15) is 0 Å². The van der Waals surface area contributed by atoms with E-state index in [1.54, 1.807) is 0 Å². The standard InChI is InChI=1S/C13H23NO/c1-14-11-8-12(15-9-10-4-5-10)13(11)6-2-3-7-13/h10-12,14H,2-9H2,1H3. The Kier molecular flexibility index (Phi) is 2.52. The van der Waals surface area contributed by atoms with Gasteiger partial charge in [-0.1, -0.05) is 12.8 Å². The Labute approximate surface area is 92.8 Å². The maximum absolute atomic E-state index is 6.13. The summed E-state index contributed by atoms with van der Waals surface area (Å²) in [5.41, 5.74) is 0.531. The Morgan fingerprint density at radius 1 is 1.27 bits per heavy atom. The first-order valence-electron chi connectivity index (χ1n) is 6.64. The minimum atomic E-state index is 0.531. The van der Waals surface area contributed by atoms with Crippen molar-refractivity contribution in [2.45, 2.75) is 57.1 Å². The lowest BCUT2D eigenvalue weighted by molar-refractivity contribution is -0.134. The molecule has 2 atom stereocenters. The quantitative estimate of drug-likeness (QED) is 0.767. The summed E-state index contributed by atoms with van der Waals surface area (Å²) in [5, 5.41) is 3.49. The van der Waals surface area contributed by atoms with Crippen LogP contribution in [-0.4, -0.2) is 25.8 Å². The Bertz CT molecular complexity index is 231. The van der Waals surface area contributed by atoms with Crippen molar-refractivity contribution in [1.29, 1.82) is 0 Å². The van der Waals surface area contributed by atoms with Crippen LogP contribution in [-0.2, 0) is 4.74 Å². The van der Waals surface area contributed by atoms with Gasteiger partial charge < -0.3 is 10.1 Å². The highest BCUT2D eigenvalue weighted by Crippen LogP contribution is 2.54. The molecule has 0 saturated heterocycles. The monoisotopic (exact) mass is 209 g/mol. The average molecular weight is 209 g/mol. The molecule has 0 aromatic carbocycles. The molecule has 0 aromatic rings. The van der Waals surface area contributed by atoms with Crippen LogP contribution < -0.4 is 5.32 Å². The minimum absolute atomic E-state index is 0.531. The molecule has 1 spiro atoms. The topological polar surface area (TPSA) is 21.3 Å². The van der Waals surface area contributed by atoms with Crippen molar-refractivity contribution in [1.82, 2.24) is 5.32 Å². The SMILES string of the molecule is CNC1CC(OCC2CC2)C12CCCC2. The molecule has 3 rings (SSSR count). The third kappa shape index (κ3) is 1.62. The number of rotatable bonds is 4. The van der Waals surface area contributed by atoms with Crippen molar-refractivity contribution in [3.05, 3.63) is 0 Å². The molecule has 2 heteroatoms. The molecule has 0 amide bonds. The zero-order valence-electron chi connectivity index (χ0n) is 9.80. The molecular weight excluding hydrogens is 186 g/mol. The van der Waals surface area contributed by atoms with Gasteiger partial charge in [0.25, 0.3) is 0 Å². The van der Waals surface area contributed by atoms with Gasteiger partial charge in [-0.25, -0.2) is 0 Å². The van der Waals surface area contributed by atoms with Gasteiger partial charge in [0.1, 0.15) is 0 Å². The van der Waals surface area contributed by atoms with Gasteiger partial charge in [0.15, 0.2) is 0 Å². The summed E-state index contributed by atoms with van der Waals surface area (Å²) >= 11 is 0. The van der Waals surface area contributed by atoms with Crippen LogP contribution in [0.4, 0.5) is 0 Å². The van der Waals surface area contributed by atoms with E-state index in [-0.39, 0.29) is 0 Å². The predicted molar refractivity (Wildman–Crippen MR) is 60.8 cm³/mol. The fourth-order valence-electron chi connectivity index (χ4n) is 3.63. The normalized spacial score (nSPS) is 38.2. The summed E-state index contributed by atoms with van der Waals surface area (Å²) in [7, 11) is 2.11. The van der Waals surface area contributed by atoms with E-state index >= 15 is 0 Å². The van der Waals surface area contributed by atoms with Gasteiger partial charge in [-0.05, 0) is 45.1 Å². The maximum atomic E-state index is 6.13. The molecular formula is C13H23NO. The smallest absolute Gasteiger partial charge is 0.0661 e. The van der Waals surface area contributed by atoms with Crippen molar-refractivity contribution in [3.63, 3.8) is 0 Å². The van der Waals surface area contributed by atoms with Gasteiger partial charge in [-0.15, -0.1) is 0 Å². The molecule has 3 saturated carbocycles. The summed E-state index contributed by atoms with van der Waals surface area (Å²) in [6.45, 7) is 1.04. The molecule has 0 radical (unpaired) electrons. The number of ether oxygens (including phenoxy) is 1. The first-order valence-corrected chi connectivity index (χ1v) is 6.64. The van der Waals surface area contributed by atoms with E-state index in [0.29, 0.717) is 11.5 Å². The Balaban J connectivity index is 1.58. The zero-order chi connectivity index (χ0) is 10.3. The van der Waals surface area contributed by atoms with E-state index in [0.717, 1.165) is 18.6 Å². The molecule has 3 aliphatic rings. The third-order valence-electron chi connectivity index (χ3n) is 4.90. The first-order chi connectivity index (χ1) is 7.35. The van der Waals surface area contributed by atoms with Crippen LogP contribution in [0.1, 0.15) is 44.9 Å². The van der Waals surface area contributed by atoms with Crippen LogP contribution in [0.2, 0.25) is 0 Å². The van der Waals surface area contributed by atoms with Gasteiger partial charge in [-0.3, -0.25) is 0 Å². The van der Waals surface area contributed by atoms with Crippen molar-refractivity contribution < 1.29 is 4.74 Å². The summed E-state index contributed by atoms with van der Waals surface area (Å²) < 4.78 is 6.13. The summed E-state index contributed by atoms with van der Waals surface area (Å²) in [6.07, 6.45) is 10.3. The summed E-state index contributed by atoms with van der Waals surface area (Å²) in [5.74, 6) is 0.914. The molecule has 2 unspecified atom stereocenters. The van der Waals surface area contributed by atoms with Gasteiger partial charge in [0, 0.05) is 18.1 Å². The van der Waals surface area contributed by atoms with E-state index in [9.17, 15) is 0 Å². The predicted octanol–water partition coefficient (Wildman–Crippen LogP) is 2.33. The van der Waals surface area contributed by atoms with Crippen molar-refractivity contribution in [3.8, 4) is 0 Å². The lowest BCUT2D eigenvalue weighted by atomic mass is 9.60. The second-order valence-corrected chi connectivity index (χ2v) is 5.78. The number of hydrogen-bond acceptors (Lipinski definition) is 2. The van der Waals surface area contributed by atoms with Crippen molar-refractivity contribution in [2.24, 2.45) is 11.3 Å². The van der Waals surface area contributed by atoms with Crippen LogP contribution in [0.5, 0.6) is 0 Å². The maximum Gasteiger partial charge on any atom is 0.0661 e. The van der Waals surface area contributed by atoms with Crippen molar-refractivity contribution in [2.75, 3.05) is 13.7 Å². The van der Waals surface area contributed by atoms with E-state index in [1.165, 1.54) is 44.9 Å². The Morgan fingerprint density at radius 2 is 2.00 bits per heavy atom. The fraction of sp³-hybridized carbons (Fsp3) is 1.00. The zero-order valence-corrected chi connectivity index (χ0v) is 9.80. The highest BCUT2D eigenvalue weighted by atomic mass is 16.5. The summed E-state index contributed by atoms with van der Waals surface area (Å²) in [6, 6.07) is 0.740. The van der Waals surface area contributed by atoms with Crippen LogP contribution in [0, 0.1) is 11.3 Å².